The van der Waals surface area contributed by atoms with Crippen LogP contribution in [0.15, 0.2) is 47.2 Å². The number of nitrogens with zero attached hydrogens (tertiary/aromatic N) is 1. The van der Waals surface area contributed by atoms with Crippen molar-refractivity contribution < 1.29 is 9.53 Å². The van der Waals surface area contributed by atoms with E-state index in [0.29, 0.717) is 17.1 Å². The molecular weight excluding hydrogens is 270 g/mol. The van der Waals surface area contributed by atoms with Gasteiger partial charge in [0.2, 0.25) is 0 Å². The average molecular weight is 278 g/mol. The van der Waals surface area contributed by atoms with Gasteiger partial charge < -0.3 is 4.74 Å². The predicted molar refractivity (Wildman–Crippen MR) is 63.8 cm³/mol. The van der Waals surface area contributed by atoms with Crippen LogP contribution in [-0.4, -0.2) is 11.3 Å². The summed E-state index contributed by atoms with van der Waals surface area (Å²) >= 11 is 3.33. The predicted octanol–water partition coefficient (Wildman–Crippen LogP) is 3.45. The molecule has 0 aliphatic rings. The molecule has 0 unspecified atom stereocenters. The van der Waals surface area contributed by atoms with Crippen molar-refractivity contribution in [3.8, 4) is 11.5 Å². The lowest BCUT2D eigenvalue weighted by molar-refractivity contribution is 0.112. The number of hydrogen-bond donors (Lipinski definition) is 0. The van der Waals surface area contributed by atoms with Crippen molar-refractivity contribution in [3.05, 3.63) is 52.8 Å². The number of ether oxygens (including phenoxy) is 1. The number of carbonyl (C=O) groups is 1. The molecule has 0 atom stereocenters. The molecule has 3 nitrogen and oxygen atoms in total. The third-order valence-corrected chi connectivity index (χ3v) is 2.46. The van der Waals surface area contributed by atoms with E-state index in [9.17, 15) is 4.79 Å². The Hall–Kier alpha value is -1.68. The zero-order valence-corrected chi connectivity index (χ0v) is 9.85. The standard InChI is InChI=1S/C12H8BrNO2/c13-10-4-3-9(8-15)12(6-10)16-11-2-1-5-14-7-11/h1-8H. The van der Waals surface area contributed by atoms with Gasteiger partial charge in [0.25, 0.3) is 0 Å². The summed E-state index contributed by atoms with van der Waals surface area (Å²) in [5.41, 5.74) is 0.507. The minimum absolute atomic E-state index is 0.507. The minimum atomic E-state index is 0.507. The maximum Gasteiger partial charge on any atom is 0.153 e. The lowest BCUT2D eigenvalue weighted by Crippen LogP contribution is -1.90. The van der Waals surface area contributed by atoms with Gasteiger partial charge in [-0.2, -0.15) is 0 Å². The fraction of sp³-hybridized carbons (Fsp3) is 0. The van der Waals surface area contributed by atoms with Crippen LogP contribution < -0.4 is 4.74 Å². The van der Waals surface area contributed by atoms with Gasteiger partial charge in [0.15, 0.2) is 6.29 Å². The van der Waals surface area contributed by atoms with E-state index < -0.39 is 0 Å². The number of aromatic nitrogens is 1. The number of halogens is 1. The molecule has 1 aromatic carbocycles. The highest BCUT2D eigenvalue weighted by Gasteiger charge is 2.04. The normalized spacial score (nSPS) is 9.81. The van der Waals surface area contributed by atoms with Gasteiger partial charge in [-0.05, 0) is 30.3 Å². The zero-order valence-electron chi connectivity index (χ0n) is 8.26. The number of aldehydes is 1. The Bertz CT molecular complexity index is 500. The molecule has 0 saturated carbocycles. The number of benzene rings is 1. The lowest BCUT2D eigenvalue weighted by Gasteiger charge is -2.07. The first kappa shape index (κ1) is 10.8. The molecule has 0 aliphatic carbocycles. The molecular formula is C12H8BrNO2. The summed E-state index contributed by atoms with van der Waals surface area (Å²) in [5, 5.41) is 0. The third kappa shape index (κ3) is 2.46. The van der Waals surface area contributed by atoms with Gasteiger partial charge in [0.1, 0.15) is 11.5 Å². The van der Waals surface area contributed by atoms with Gasteiger partial charge in [0, 0.05) is 10.7 Å². The Labute approximate surface area is 101 Å². The summed E-state index contributed by atoms with van der Waals surface area (Å²) in [6, 6.07) is 8.79. The highest BCUT2D eigenvalue weighted by molar-refractivity contribution is 9.10. The van der Waals surface area contributed by atoms with Crippen LogP contribution in [0.2, 0.25) is 0 Å². The Morgan fingerprint density at radius 1 is 1.31 bits per heavy atom. The highest BCUT2D eigenvalue weighted by atomic mass is 79.9. The van der Waals surface area contributed by atoms with Crippen LogP contribution in [0.1, 0.15) is 10.4 Å². The first-order valence-electron chi connectivity index (χ1n) is 4.62. The van der Waals surface area contributed by atoms with Crippen LogP contribution in [-0.2, 0) is 0 Å². The van der Waals surface area contributed by atoms with Gasteiger partial charge in [-0.15, -0.1) is 0 Å². The first-order chi connectivity index (χ1) is 7.79. The molecule has 1 heterocycles. The quantitative estimate of drug-likeness (QED) is 0.807. The molecule has 0 radical (unpaired) electrons. The molecule has 0 fully saturated rings. The van der Waals surface area contributed by atoms with Crippen molar-refractivity contribution in [2.45, 2.75) is 0 Å². The molecule has 0 saturated heterocycles. The van der Waals surface area contributed by atoms with Crippen LogP contribution in [0.4, 0.5) is 0 Å². The number of pyridine rings is 1. The second-order valence-electron chi connectivity index (χ2n) is 3.09. The van der Waals surface area contributed by atoms with E-state index in [0.717, 1.165) is 10.8 Å². The lowest BCUT2D eigenvalue weighted by atomic mass is 10.2. The second kappa shape index (κ2) is 4.90. The molecule has 2 aromatic rings. The maximum atomic E-state index is 10.8. The minimum Gasteiger partial charge on any atom is -0.455 e. The second-order valence-corrected chi connectivity index (χ2v) is 4.01. The average Bonchev–Trinajstić information content (AvgIpc) is 2.31. The maximum absolute atomic E-state index is 10.8. The summed E-state index contributed by atoms with van der Waals surface area (Å²) in [7, 11) is 0. The van der Waals surface area contributed by atoms with E-state index >= 15 is 0 Å². The smallest absolute Gasteiger partial charge is 0.153 e. The highest BCUT2D eigenvalue weighted by Crippen LogP contribution is 2.27. The summed E-state index contributed by atoms with van der Waals surface area (Å²) < 4.78 is 6.42. The first-order valence-corrected chi connectivity index (χ1v) is 5.41. The molecule has 80 valence electrons. The van der Waals surface area contributed by atoms with Crippen LogP contribution in [0, 0.1) is 0 Å². The fourth-order valence-electron chi connectivity index (χ4n) is 1.23. The van der Waals surface area contributed by atoms with E-state index in [-0.39, 0.29) is 0 Å². The van der Waals surface area contributed by atoms with Crippen molar-refractivity contribution in [1.82, 2.24) is 4.98 Å². The van der Waals surface area contributed by atoms with Crippen molar-refractivity contribution in [2.24, 2.45) is 0 Å². The number of rotatable bonds is 3. The van der Waals surface area contributed by atoms with Gasteiger partial charge in [-0.1, -0.05) is 15.9 Å². The van der Waals surface area contributed by atoms with Gasteiger partial charge in [0.05, 0.1) is 11.8 Å². The zero-order chi connectivity index (χ0) is 11.4. The van der Waals surface area contributed by atoms with E-state index in [1.54, 1.807) is 42.7 Å². The van der Waals surface area contributed by atoms with E-state index in [2.05, 4.69) is 20.9 Å². The van der Waals surface area contributed by atoms with Crippen molar-refractivity contribution in [3.63, 3.8) is 0 Å². The Kier molecular flexibility index (Phi) is 3.31. The Morgan fingerprint density at radius 3 is 2.88 bits per heavy atom. The van der Waals surface area contributed by atoms with E-state index in [1.165, 1.54) is 0 Å². The molecule has 16 heavy (non-hydrogen) atoms. The molecule has 0 N–H and O–H groups in total. The van der Waals surface area contributed by atoms with Gasteiger partial charge >= 0.3 is 0 Å². The molecule has 0 bridgehead atoms. The van der Waals surface area contributed by atoms with Crippen LogP contribution in [0.3, 0.4) is 0 Å². The molecule has 2 rings (SSSR count). The van der Waals surface area contributed by atoms with Crippen LogP contribution in [0.25, 0.3) is 0 Å². The fourth-order valence-corrected chi connectivity index (χ4v) is 1.57. The number of carbonyl (C=O) groups excluding carboxylic acids is 1. The van der Waals surface area contributed by atoms with Crippen molar-refractivity contribution in [1.29, 1.82) is 0 Å². The molecule has 0 aliphatic heterocycles. The summed E-state index contributed by atoms with van der Waals surface area (Å²) in [4.78, 5) is 14.8. The largest absolute Gasteiger partial charge is 0.455 e. The van der Waals surface area contributed by atoms with Gasteiger partial charge in [-0.25, -0.2) is 0 Å². The molecule has 4 heteroatoms. The molecule has 0 spiro atoms. The monoisotopic (exact) mass is 277 g/mol. The van der Waals surface area contributed by atoms with Crippen LogP contribution in [0.5, 0.6) is 11.5 Å². The molecule has 1 aromatic heterocycles. The van der Waals surface area contributed by atoms with E-state index in [1.807, 2.05) is 0 Å². The summed E-state index contributed by atoms with van der Waals surface area (Å²) in [5.74, 6) is 1.11. The van der Waals surface area contributed by atoms with Crippen LogP contribution >= 0.6 is 15.9 Å². The third-order valence-electron chi connectivity index (χ3n) is 1.96. The summed E-state index contributed by atoms with van der Waals surface area (Å²) in [6.07, 6.45) is 4.02. The Balaban J connectivity index is 2.33. The molecule has 0 amide bonds. The topological polar surface area (TPSA) is 39.2 Å². The Morgan fingerprint density at radius 2 is 2.19 bits per heavy atom. The van der Waals surface area contributed by atoms with Gasteiger partial charge in [-0.3, -0.25) is 9.78 Å². The SMILES string of the molecule is O=Cc1ccc(Br)cc1Oc1cccnc1. The number of hydrogen-bond acceptors (Lipinski definition) is 3. The van der Waals surface area contributed by atoms with E-state index in [4.69, 9.17) is 4.74 Å². The van der Waals surface area contributed by atoms with Crippen molar-refractivity contribution in [2.75, 3.05) is 0 Å². The van der Waals surface area contributed by atoms with Crippen molar-refractivity contribution >= 4 is 22.2 Å². The summed E-state index contributed by atoms with van der Waals surface area (Å²) in [6.45, 7) is 0.